The number of aromatic nitrogens is 5. The summed E-state index contributed by atoms with van der Waals surface area (Å²) in [5.41, 5.74) is 7.50. The minimum atomic E-state index is -2.20. The first kappa shape index (κ1) is 33.0. The summed E-state index contributed by atoms with van der Waals surface area (Å²) in [6.45, 7) is 17.2. The van der Waals surface area contributed by atoms with Crippen LogP contribution >= 0.6 is 11.8 Å². The number of rotatable bonds is 6. The second kappa shape index (κ2) is 12.4. The molecule has 1 aliphatic heterocycles. The summed E-state index contributed by atoms with van der Waals surface area (Å²) < 4.78 is 35.1. The van der Waals surface area contributed by atoms with Gasteiger partial charge in [-0.15, -0.1) is 5.54 Å². The molecule has 2 atom stereocenters. The fourth-order valence-corrected chi connectivity index (χ4v) is 14.6. The minimum absolute atomic E-state index is 0.202. The molecule has 3 aromatic heterocycles. The Morgan fingerprint density at radius 3 is 2.27 bits per heavy atom. The van der Waals surface area contributed by atoms with Crippen molar-refractivity contribution in [1.29, 1.82) is 0 Å². The number of aryl methyl sites for hydroxylation is 1. The molecule has 4 heterocycles. The third-order valence-electron chi connectivity index (χ3n) is 11.1. The van der Waals surface area contributed by atoms with E-state index in [9.17, 15) is 0 Å². The molecule has 1 saturated carbocycles. The predicted molar refractivity (Wildman–Crippen MR) is 196 cm³/mol. The van der Waals surface area contributed by atoms with Crippen LogP contribution < -0.4 is 4.90 Å². The van der Waals surface area contributed by atoms with E-state index in [-0.39, 0.29) is 11.2 Å². The van der Waals surface area contributed by atoms with E-state index >= 15 is 8.78 Å². The normalized spacial score (nSPS) is 18.2. The number of benzene rings is 2. The highest BCUT2D eigenvalue weighted by molar-refractivity contribution is 7.98. The molecule has 10 heteroatoms. The molecular weight excluding hydrogens is 639 g/mol. The van der Waals surface area contributed by atoms with E-state index in [0.717, 1.165) is 24.0 Å². The Hall–Kier alpha value is -3.55. The van der Waals surface area contributed by atoms with E-state index in [0.29, 0.717) is 67.0 Å². The predicted octanol–water partition coefficient (Wildman–Crippen LogP) is 9.61. The number of halogens is 2. The van der Waals surface area contributed by atoms with Gasteiger partial charge in [-0.3, -0.25) is 0 Å². The zero-order valence-electron chi connectivity index (χ0n) is 29.2. The maximum atomic E-state index is 17.4. The molecule has 2 aromatic carbocycles. The van der Waals surface area contributed by atoms with Crippen LogP contribution in [-0.4, -0.2) is 52.0 Å². The molecule has 2 unspecified atom stereocenters. The number of nitrogens with zero attached hydrogens (tertiary/aromatic N) is 6. The van der Waals surface area contributed by atoms with Crippen molar-refractivity contribution >= 4 is 53.0 Å². The summed E-state index contributed by atoms with van der Waals surface area (Å²) in [7, 11) is -2.20. The van der Waals surface area contributed by atoms with Crippen LogP contribution in [0.2, 0.25) is 16.6 Å². The molecule has 2 aliphatic rings. The number of hydrogen-bond acceptors (Lipinski definition) is 6. The third-order valence-corrected chi connectivity index (χ3v) is 17.9. The van der Waals surface area contributed by atoms with E-state index < -0.39 is 19.7 Å². The van der Waals surface area contributed by atoms with Gasteiger partial charge in [0.25, 0.3) is 0 Å². The van der Waals surface area contributed by atoms with Crippen LogP contribution in [0.3, 0.4) is 0 Å². The molecule has 48 heavy (non-hydrogen) atoms. The molecule has 6 nitrogen and oxygen atoms in total. The number of piperidine rings is 1. The van der Waals surface area contributed by atoms with Crippen LogP contribution in [0.25, 0.3) is 38.6 Å². The molecular formula is C38H44F2N6SSi. The number of fused-ring (bicyclic) bond motifs is 6. The quantitative estimate of drug-likeness (QED) is 0.0770. The molecule has 0 amide bonds. The Balaban J connectivity index is 1.54. The van der Waals surface area contributed by atoms with Gasteiger partial charge in [0.15, 0.2) is 16.6 Å². The largest absolute Gasteiger partial charge is 0.355 e. The smallest absolute Gasteiger partial charge is 0.189 e. The summed E-state index contributed by atoms with van der Waals surface area (Å²) in [4.78, 5) is 16.7. The van der Waals surface area contributed by atoms with Crippen LogP contribution in [0.15, 0.2) is 35.7 Å². The van der Waals surface area contributed by atoms with Gasteiger partial charge in [-0.2, -0.15) is 5.10 Å². The Labute approximate surface area is 287 Å². The minimum Gasteiger partial charge on any atom is -0.355 e. The zero-order chi connectivity index (χ0) is 34.1. The molecule has 2 bridgehead atoms. The van der Waals surface area contributed by atoms with Gasteiger partial charge in [-0.05, 0) is 84.0 Å². The molecule has 0 N–H and O–H groups in total. The Morgan fingerprint density at radius 2 is 1.62 bits per heavy atom. The van der Waals surface area contributed by atoms with Gasteiger partial charge in [0.2, 0.25) is 0 Å². The first-order valence-electron chi connectivity index (χ1n) is 17.2. The molecule has 0 spiro atoms. The lowest BCUT2D eigenvalue weighted by Gasteiger charge is -2.38. The van der Waals surface area contributed by atoms with Crippen molar-refractivity contribution in [2.75, 3.05) is 24.2 Å². The van der Waals surface area contributed by atoms with Crippen molar-refractivity contribution < 1.29 is 8.78 Å². The first-order valence-corrected chi connectivity index (χ1v) is 20.7. The van der Waals surface area contributed by atoms with Gasteiger partial charge in [-0.25, -0.2) is 28.2 Å². The summed E-state index contributed by atoms with van der Waals surface area (Å²) in [6.07, 6.45) is 7.05. The highest BCUT2D eigenvalue weighted by atomic mass is 32.2. The lowest BCUT2D eigenvalue weighted by Crippen LogP contribution is -2.43. The van der Waals surface area contributed by atoms with Crippen LogP contribution in [0, 0.1) is 41.9 Å². The number of anilines is 1. The molecule has 250 valence electrons. The Morgan fingerprint density at radius 1 is 0.938 bits per heavy atom. The maximum absolute atomic E-state index is 17.4. The van der Waals surface area contributed by atoms with Crippen molar-refractivity contribution in [1.82, 2.24) is 24.6 Å². The maximum Gasteiger partial charge on any atom is 0.189 e. The fourth-order valence-electron chi connectivity index (χ4n) is 9.01. The second-order valence-electron chi connectivity index (χ2n) is 14.8. The molecule has 7 rings (SSSR count). The van der Waals surface area contributed by atoms with Gasteiger partial charge in [-0.1, -0.05) is 71.4 Å². The highest BCUT2D eigenvalue weighted by Crippen LogP contribution is 2.44. The van der Waals surface area contributed by atoms with Crippen molar-refractivity contribution in [2.24, 2.45) is 11.8 Å². The van der Waals surface area contributed by atoms with Gasteiger partial charge in [0.05, 0.1) is 10.9 Å². The summed E-state index contributed by atoms with van der Waals surface area (Å²) >= 11 is 1.40. The number of pyridine rings is 1. The van der Waals surface area contributed by atoms with Crippen LogP contribution in [0.1, 0.15) is 71.9 Å². The summed E-state index contributed by atoms with van der Waals surface area (Å²) in [5, 5.41) is 7.03. The second-order valence-corrected chi connectivity index (χ2v) is 21.2. The SMILES string of the molecule is CSc1nc(N2CC3CCC(C3)C2)c2c(n1)c(F)c(-c1cc(C)cc3ccc(F)c(C#C[Si](C(C)C)(C(C)C)C(C)C)c13)n1ncnc21. The third kappa shape index (κ3) is 5.20. The van der Waals surface area contributed by atoms with E-state index in [1.54, 1.807) is 10.6 Å². The van der Waals surface area contributed by atoms with E-state index in [4.69, 9.17) is 9.97 Å². The van der Waals surface area contributed by atoms with Crippen molar-refractivity contribution in [3.8, 4) is 22.7 Å². The van der Waals surface area contributed by atoms with Gasteiger partial charge < -0.3 is 4.90 Å². The molecule has 1 aliphatic carbocycles. The van der Waals surface area contributed by atoms with Crippen molar-refractivity contribution in [3.63, 3.8) is 0 Å². The summed E-state index contributed by atoms with van der Waals surface area (Å²) in [6, 6.07) is 7.17. The number of hydrogen-bond donors (Lipinski definition) is 0. The average molecular weight is 683 g/mol. The lowest BCUT2D eigenvalue weighted by atomic mass is 9.94. The van der Waals surface area contributed by atoms with E-state index in [1.165, 1.54) is 43.4 Å². The van der Waals surface area contributed by atoms with E-state index in [2.05, 4.69) is 68.0 Å². The van der Waals surface area contributed by atoms with E-state index in [1.807, 2.05) is 25.3 Å². The number of thioether (sulfide) groups is 1. The van der Waals surface area contributed by atoms with Crippen LogP contribution in [0.5, 0.6) is 0 Å². The lowest BCUT2D eigenvalue weighted by molar-refractivity contribution is 0.419. The fraction of sp³-hybridized carbons (Fsp3) is 0.474. The molecule has 2 fully saturated rings. The van der Waals surface area contributed by atoms with Crippen LogP contribution in [0.4, 0.5) is 14.6 Å². The zero-order valence-corrected chi connectivity index (χ0v) is 31.0. The Kier molecular flexibility index (Phi) is 8.52. The standard InChI is InChI=1S/C38H44F2N6SSi/c1-21(2)48(22(3)4,23(5)6)14-13-28-30(39)12-11-27-15-24(7)16-29(31(27)28)35-33(40)34-32(36-41-20-42-46(35)36)37(44-38(43-34)47-8)45-18-25-9-10-26(17-25)19-45/h11-12,15-16,20-23,25-26H,9-10,17-19H2,1-8H3. The highest BCUT2D eigenvalue weighted by Gasteiger charge is 2.42. The topological polar surface area (TPSA) is 59.2 Å². The summed E-state index contributed by atoms with van der Waals surface area (Å²) in [5.74, 6) is 4.39. The first-order chi connectivity index (χ1) is 22.9. The van der Waals surface area contributed by atoms with Gasteiger partial charge in [0.1, 0.15) is 37.2 Å². The molecule has 1 saturated heterocycles. The van der Waals surface area contributed by atoms with Crippen molar-refractivity contribution in [2.45, 2.75) is 89.5 Å². The Bertz CT molecular complexity index is 2100. The monoisotopic (exact) mass is 682 g/mol. The molecule has 5 aromatic rings. The van der Waals surface area contributed by atoms with Crippen LogP contribution in [-0.2, 0) is 0 Å². The van der Waals surface area contributed by atoms with Gasteiger partial charge in [0, 0.05) is 24.0 Å². The molecule has 0 radical (unpaired) electrons. The van der Waals surface area contributed by atoms with Gasteiger partial charge >= 0.3 is 0 Å². The van der Waals surface area contributed by atoms with Crippen molar-refractivity contribution in [3.05, 3.63) is 53.4 Å². The average Bonchev–Trinajstić information content (AvgIpc) is 3.66.